The third kappa shape index (κ3) is 5.30. The summed E-state index contributed by atoms with van der Waals surface area (Å²) in [6, 6.07) is 2.58. The summed E-state index contributed by atoms with van der Waals surface area (Å²) in [4.78, 5) is 14.0. The highest BCUT2D eigenvalue weighted by molar-refractivity contribution is 5.89. The third-order valence-corrected chi connectivity index (χ3v) is 3.56. The molecule has 4 nitrogen and oxygen atoms in total. The molecule has 21 heavy (non-hydrogen) atoms. The maximum atomic E-state index is 13.4. The van der Waals surface area contributed by atoms with Gasteiger partial charge < -0.3 is 15.5 Å². The van der Waals surface area contributed by atoms with Gasteiger partial charge in [0.15, 0.2) is 0 Å². The number of carbonyl (C=O) groups is 1. The average Bonchev–Trinajstić information content (AvgIpc) is 2.48. The van der Waals surface area contributed by atoms with Crippen molar-refractivity contribution in [1.29, 1.82) is 0 Å². The Morgan fingerprint density at radius 2 is 1.95 bits per heavy atom. The topological polar surface area (TPSA) is 44.4 Å². The highest BCUT2D eigenvalue weighted by atomic mass is 19.1. The number of halogens is 2. The summed E-state index contributed by atoms with van der Waals surface area (Å²) < 4.78 is 26.1. The first-order valence-electron chi connectivity index (χ1n) is 7.37. The Balaban J connectivity index is 1.65. The minimum Gasteiger partial charge on any atom is -0.338 e. The molecule has 2 rings (SSSR count). The number of likely N-dealkylation sites (tertiary alicyclic amines) is 1. The summed E-state index contributed by atoms with van der Waals surface area (Å²) in [5, 5.41) is 5.05. The number of nitrogens with one attached hydrogen (secondary N) is 2. The van der Waals surface area contributed by atoms with Gasteiger partial charge in [-0.15, -0.1) is 0 Å². The van der Waals surface area contributed by atoms with Crippen LogP contribution in [0.1, 0.15) is 25.7 Å². The molecule has 0 atom stereocenters. The second-order valence-electron chi connectivity index (χ2n) is 5.26. The second kappa shape index (κ2) is 7.93. The van der Waals surface area contributed by atoms with Crippen molar-refractivity contribution in [1.82, 2.24) is 10.2 Å². The van der Waals surface area contributed by atoms with Gasteiger partial charge in [-0.1, -0.05) is 6.42 Å². The molecule has 116 valence electrons. The Labute approximate surface area is 123 Å². The molecule has 0 spiro atoms. The first kappa shape index (κ1) is 15.7. The molecule has 0 aromatic heterocycles. The number of hydrogen-bond donors (Lipinski definition) is 2. The van der Waals surface area contributed by atoms with Gasteiger partial charge in [0.05, 0.1) is 5.69 Å². The predicted octanol–water partition coefficient (Wildman–Crippen LogP) is 2.96. The van der Waals surface area contributed by atoms with Crippen molar-refractivity contribution < 1.29 is 13.6 Å². The summed E-state index contributed by atoms with van der Waals surface area (Å²) in [6.07, 6.45) is 4.66. The number of carbonyl (C=O) groups excluding carboxylic acids is 1. The van der Waals surface area contributed by atoms with Crippen molar-refractivity contribution in [2.24, 2.45) is 0 Å². The maximum absolute atomic E-state index is 13.4. The van der Waals surface area contributed by atoms with E-state index >= 15 is 0 Å². The summed E-state index contributed by atoms with van der Waals surface area (Å²) >= 11 is 0. The van der Waals surface area contributed by atoms with Gasteiger partial charge in [0.1, 0.15) is 11.6 Å². The van der Waals surface area contributed by atoms with Crippen LogP contribution in [0.4, 0.5) is 19.3 Å². The summed E-state index contributed by atoms with van der Waals surface area (Å²) in [5.74, 6) is -1.45. The summed E-state index contributed by atoms with van der Waals surface area (Å²) in [7, 11) is 0. The van der Waals surface area contributed by atoms with Gasteiger partial charge in [-0.2, -0.15) is 0 Å². The average molecular weight is 297 g/mol. The molecule has 1 aliphatic rings. The van der Waals surface area contributed by atoms with Crippen LogP contribution in [0.3, 0.4) is 0 Å². The number of piperidine rings is 1. The van der Waals surface area contributed by atoms with Crippen LogP contribution in [0, 0.1) is 11.6 Å². The van der Waals surface area contributed by atoms with E-state index in [-0.39, 0.29) is 5.69 Å². The molecule has 0 unspecified atom stereocenters. The van der Waals surface area contributed by atoms with Crippen molar-refractivity contribution in [2.75, 3.05) is 31.5 Å². The molecule has 1 aromatic carbocycles. The van der Waals surface area contributed by atoms with Crippen LogP contribution in [0.15, 0.2) is 18.2 Å². The molecule has 1 aromatic rings. The van der Waals surface area contributed by atoms with E-state index in [4.69, 9.17) is 0 Å². The number of rotatable bonds is 5. The fourth-order valence-electron chi connectivity index (χ4n) is 2.44. The van der Waals surface area contributed by atoms with Gasteiger partial charge in [-0.3, -0.25) is 0 Å². The van der Waals surface area contributed by atoms with Crippen molar-refractivity contribution in [2.45, 2.75) is 25.7 Å². The molecular formula is C15H21F2N3O. The van der Waals surface area contributed by atoms with Gasteiger partial charge in [0.25, 0.3) is 0 Å². The van der Waals surface area contributed by atoms with Crippen LogP contribution in [0.2, 0.25) is 0 Å². The normalized spacial score (nSPS) is 15.7. The van der Waals surface area contributed by atoms with E-state index in [0.717, 1.165) is 38.2 Å². The van der Waals surface area contributed by atoms with Crippen molar-refractivity contribution in [3.63, 3.8) is 0 Å². The van der Waals surface area contributed by atoms with Crippen LogP contribution in [0.5, 0.6) is 0 Å². The van der Waals surface area contributed by atoms with E-state index < -0.39 is 17.7 Å². The Morgan fingerprint density at radius 3 is 2.67 bits per heavy atom. The Bertz CT molecular complexity index is 476. The number of hydrogen-bond acceptors (Lipinski definition) is 2. The minimum absolute atomic E-state index is 0.0232. The molecule has 2 amide bonds. The zero-order chi connectivity index (χ0) is 15.1. The molecule has 1 fully saturated rings. The lowest BCUT2D eigenvalue weighted by Crippen LogP contribution is -2.34. The van der Waals surface area contributed by atoms with E-state index in [9.17, 15) is 13.6 Å². The quantitative estimate of drug-likeness (QED) is 0.821. The lowest BCUT2D eigenvalue weighted by atomic mass is 10.1. The largest absolute Gasteiger partial charge is 0.338 e. The Morgan fingerprint density at radius 1 is 1.19 bits per heavy atom. The van der Waals surface area contributed by atoms with Crippen LogP contribution in [0.25, 0.3) is 0 Å². The van der Waals surface area contributed by atoms with Gasteiger partial charge in [-0.25, -0.2) is 13.6 Å². The second-order valence-corrected chi connectivity index (χ2v) is 5.26. The molecule has 1 aliphatic heterocycles. The summed E-state index contributed by atoms with van der Waals surface area (Å²) in [5.41, 5.74) is -0.0232. The fourth-order valence-corrected chi connectivity index (χ4v) is 2.44. The molecule has 1 heterocycles. The van der Waals surface area contributed by atoms with Crippen molar-refractivity contribution >= 4 is 11.7 Å². The standard InChI is InChI=1S/C15H21F2N3O/c16-12-5-6-14(13(17)11-12)19-15(21)18-7-4-10-20-8-2-1-3-9-20/h5-6,11H,1-4,7-10H2,(H2,18,19,21). The third-order valence-electron chi connectivity index (χ3n) is 3.56. The highest BCUT2D eigenvalue weighted by Crippen LogP contribution is 2.14. The zero-order valence-electron chi connectivity index (χ0n) is 12.0. The van der Waals surface area contributed by atoms with Crippen LogP contribution < -0.4 is 10.6 Å². The van der Waals surface area contributed by atoms with Crippen LogP contribution >= 0.6 is 0 Å². The molecule has 2 N–H and O–H groups in total. The number of nitrogens with zero attached hydrogens (tertiary/aromatic N) is 1. The molecule has 0 bridgehead atoms. The maximum Gasteiger partial charge on any atom is 0.319 e. The van der Waals surface area contributed by atoms with Crippen molar-refractivity contribution in [3.05, 3.63) is 29.8 Å². The minimum atomic E-state index is -0.779. The number of amides is 2. The van der Waals surface area contributed by atoms with E-state index in [0.29, 0.717) is 6.54 Å². The molecular weight excluding hydrogens is 276 g/mol. The SMILES string of the molecule is O=C(NCCCN1CCCCC1)Nc1ccc(F)cc1F. The van der Waals surface area contributed by atoms with Crippen LogP contribution in [-0.2, 0) is 0 Å². The number of anilines is 1. The first-order chi connectivity index (χ1) is 10.1. The Kier molecular flexibility index (Phi) is 5.92. The number of benzene rings is 1. The molecule has 0 radical (unpaired) electrons. The van der Waals surface area contributed by atoms with E-state index in [1.807, 2.05) is 0 Å². The highest BCUT2D eigenvalue weighted by Gasteiger charge is 2.10. The molecule has 1 saturated heterocycles. The monoisotopic (exact) mass is 297 g/mol. The van der Waals surface area contributed by atoms with E-state index in [1.54, 1.807) is 0 Å². The van der Waals surface area contributed by atoms with E-state index in [2.05, 4.69) is 15.5 Å². The Hall–Kier alpha value is -1.69. The predicted molar refractivity (Wildman–Crippen MR) is 78.3 cm³/mol. The summed E-state index contributed by atoms with van der Waals surface area (Å²) in [6.45, 7) is 3.76. The number of urea groups is 1. The lowest BCUT2D eigenvalue weighted by Gasteiger charge is -2.26. The van der Waals surface area contributed by atoms with Crippen LogP contribution in [-0.4, -0.2) is 37.1 Å². The fraction of sp³-hybridized carbons (Fsp3) is 0.533. The van der Waals surface area contributed by atoms with Gasteiger partial charge in [0.2, 0.25) is 0 Å². The van der Waals surface area contributed by atoms with E-state index in [1.165, 1.54) is 25.3 Å². The smallest absolute Gasteiger partial charge is 0.319 e. The van der Waals surface area contributed by atoms with Gasteiger partial charge in [0, 0.05) is 12.6 Å². The van der Waals surface area contributed by atoms with Gasteiger partial charge in [-0.05, 0) is 51.0 Å². The molecule has 0 aliphatic carbocycles. The molecule has 6 heteroatoms. The first-order valence-corrected chi connectivity index (χ1v) is 7.37. The molecule has 0 saturated carbocycles. The van der Waals surface area contributed by atoms with Gasteiger partial charge >= 0.3 is 6.03 Å². The van der Waals surface area contributed by atoms with Crippen molar-refractivity contribution in [3.8, 4) is 0 Å². The lowest BCUT2D eigenvalue weighted by molar-refractivity contribution is 0.224. The zero-order valence-corrected chi connectivity index (χ0v) is 12.0.